The van der Waals surface area contributed by atoms with Crippen molar-refractivity contribution in [1.29, 1.82) is 0 Å². The van der Waals surface area contributed by atoms with E-state index in [-0.39, 0.29) is 11.9 Å². The van der Waals surface area contributed by atoms with Crippen LogP contribution in [-0.2, 0) is 11.3 Å². The van der Waals surface area contributed by atoms with Crippen molar-refractivity contribution < 1.29 is 4.79 Å². The molecule has 1 aliphatic carbocycles. The Morgan fingerprint density at radius 3 is 2.83 bits per heavy atom. The summed E-state index contributed by atoms with van der Waals surface area (Å²) < 4.78 is 0. The van der Waals surface area contributed by atoms with Crippen LogP contribution < -0.4 is 21.1 Å². The molecule has 3 rings (SSSR count). The molecule has 2 heterocycles. The van der Waals surface area contributed by atoms with Gasteiger partial charge in [-0.05, 0) is 32.3 Å². The third-order valence-corrected chi connectivity index (χ3v) is 5.19. The molecule has 1 aromatic rings. The standard InChI is InChI=1S/C18H29N5O/c1-13-11-16(22-21-13)18(24)20-12-14-7-6-10-19-17(14)23(2)15-8-4-3-5-9-15/h6-7,10,13,15-16,21-22H,3-5,8-9,11-12H2,1-2H3,(H,20,24). The second kappa shape index (κ2) is 7.94. The highest BCUT2D eigenvalue weighted by Crippen LogP contribution is 2.26. The van der Waals surface area contributed by atoms with Gasteiger partial charge in [0.25, 0.3) is 0 Å². The van der Waals surface area contributed by atoms with Crippen LogP contribution in [0.5, 0.6) is 0 Å². The van der Waals surface area contributed by atoms with Gasteiger partial charge in [0.1, 0.15) is 11.9 Å². The van der Waals surface area contributed by atoms with Gasteiger partial charge in [0.15, 0.2) is 0 Å². The minimum absolute atomic E-state index is 0.0435. The van der Waals surface area contributed by atoms with Gasteiger partial charge in [-0.1, -0.05) is 25.3 Å². The predicted octanol–water partition coefficient (Wildman–Crippen LogP) is 1.72. The Hall–Kier alpha value is -1.66. The van der Waals surface area contributed by atoms with Crippen LogP contribution in [0.25, 0.3) is 0 Å². The summed E-state index contributed by atoms with van der Waals surface area (Å²) in [7, 11) is 2.13. The molecule has 1 amide bonds. The first kappa shape index (κ1) is 17.2. The van der Waals surface area contributed by atoms with Crippen LogP contribution in [0.1, 0.15) is 51.0 Å². The van der Waals surface area contributed by atoms with Crippen LogP contribution in [0.4, 0.5) is 5.82 Å². The molecule has 0 aromatic carbocycles. The zero-order chi connectivity index (χ0) is 16.9. The van der Waals surface area contributed by atoms with E-state index in [0.717, 1.165) is 17.8 Å². The first-order chi connectivity index (χ1) is 11.6. The molecule has 2 aliphatic rings. The first-order valence-corrected chi connectivity index (χ1v) is 9.10. The molecule has 6 nitrogen and oxygen atoms in total. The van der Waals surface area contributed by atoms with E-state index in [2.05, 4.69) is 46.1 Å². The summed E-state index contributed by atoms with van der Waals surface area (Å²) in [6.45, 7) is 2.59. The van der Waals surface area contributed by atoms with Crippen molar-refractivity contribution >= 4 is 11.7 Å². The van der Waals surface area contributed by atoms with E-state index in [1.807, 2.05) is 12.3 Å². The number of anilines is 1. The average molecular weight is 331 g/mol. The summed E-state index contributed by atoms with van der Waals surface area (Å²) >= 11 is 0. The Kier molecular flexibility index (Phi) is 5.68. The van der Waals surface area contributed by atoms with Gasteiger partial charge in [-0.2, -0.15) is 0 Å². The van der Waals surface area contributed by atoms with Gasteiger partial charge >= 0.3 is 0 Å². The summed E-state index contributed by atoms with van der Waals surface area (Å²) in [4.78, 5) is 19.2. The summed E-state index contributed by atoms with van der Waals surface area (Å²) in [6, 6.07) is 4.73. The van der Waals surface area contributed by atoms with Crippen LogP contribution in [-0.4, -0.2) is 36.1 Å². The minimum atomic E-state index is -0.156. The second-order valence-electron chi connectivity index (χ2n) is 7.08. The maximum atomic E-state index is 12.3. The largest absolute Gasteiger partial charge is 0.356 e. The lowest BCUT2D eigenvalue weighted by Gasteiger charge is -2.33. The fourth-order valence-corrected chi connectivity index (χ4v) is 3.72. The van der Waals surface area contributed by atoms with Crippen LogP contribution in [0.3, 0.4) is 0 Å². The third-order valence-electron chi connectivity index (χ3n) is 5.19. The number of nitrogens with one attached hydrogen (secondary N) is 3. The van der Waals surface area contributed by atoms with Crippen molar-refractivity contribution in [1.82, 2.24) is 21.2 Å². The highest BCUT2D eigenvalue weighted by atomic mass is 16.2. The molecule has 2 unspecified atom stereocenters. The number of carbonyl (C=O) groups is 1. The van der Waals surface area contributed by atoms with E-state index in [9.17, 15) is 4.79 Å². The van der Waals surface area contributed by atoms with Gasteiger partial charge in [-0.25, -0.2) is 10.4 Å². The average Bonchev–Trinajstić information content (AvgIpc) is 3.06. The lowest BCUT2D eigenvalue weighted by atomic mass is 9.94. The van der Waals surface area contributed by atoms with Crippen molar-refractivity contribution in [2.45, 2.75) is 70.1 Å². The number of rotatable bonds is 5. The Balaban J connectivity index is 1.62. The molecule has 2 atom stereocenters. The van der Waals surface area contributed by atoms with E-state index in [4.69, 9.17) is 0 Å². The summed E-state index contributed by atoms with van der Waals surface area (Å²) in [6.07, 6.45) is 9.05. The number of carbonyl (C=O) groups excluding carboxylic acids is 1. The van der Waals surface area contributed by atoms with Gasteiger partial charge in [0.2, 0.25) is 5.91 Å². The number of amides is 1. The molecule has 132 valence electrons. The minimum Gasteiger partial charge on any atom is -0.356 e. The van der Waals surface area contributed by atoms with Crippen LogP contribution in [0.15, 0.2) is 18.3 Å². The summed E-state index contributed by atoms with van der Waals surface area (Å²) in [5.74, 6) is 1.04. The number of hydrogen-bond donors (Lipinski definition) is 3. The summed E-state index contributed by atoms with van der Waals surface area (Å²) in [5.41, 5.74) is 7.21. The number of hydrogen-bond acceptors (Lipinski definition) is 5. The van der Waals surface area contributed by atoms with Gasteiger partial charge in [0.05, 0.1) is 0 Å². The Morgan fingerprint density at radius 2 is 2.12 bits per heavy atom. The number of pyridine rings is 1. The Morgan fingerprint density at radius 1 is 1.33 bits per heavy atom. The molecule has 1 aliphatic heterocycles. The van der Waals surface area contributed by atoms with Gasteiger partial charge < -0.3 is 10.2 Å². The summed E-state index contributed by atoms with van der Waals surface area (Å²) in [5, 5.41) is 3.05. The van der Waals surface area contributed by atoms with E-state index in [0.29, 0.717) is 18.6 Å². The highest BCUT2D eigenvalue weighted by Gasteiger charge is 2.27. The van der Waals surface area contributed by atoms with Crippen molar-refractivity contribution in [3.8, 4) is 0 Å². The second-order valence-corrected chi connectivity index (χ2v) is 7.08. The molecule has 1 aromatic heterocycles. The van der Waals surface area contributed by atoms with Crippen molar-refractivity contribution in [2.75, 3.05) is 11.9 Å². The zero-order valence-corrected chi connectivity index (χ0v) is 14.7. The smallest absolute Gasteiger partial charge is 0.238 e. The number of hydrazine groups is 1. The molecule has 1 saturated heterocycles. The fourth-order valence-electron chi connectivity index (χ4n) is 3.72. The zero-order valence-electron chi connectivity index (χ0n) is 14.7. The van der Waals surface area contributed by atoms with Gasteiger partial charge in [-0.15, -0.1) is 0 Å². The lowest BCUT2D eigenvalue weighted by Crippen LogP contribution is -2.43. The van der Waals surface area contributed by atoms with Crippen LogP contribution >= 0.6 is 0 Å². The van der Waals surface area contributed by atoms with Crippen LogP contribution in [0, 0.1) is 0 Å². The maximum absolute atomic E-state index is 12.3. The fraction of sp³-hybridized carbons (Fsp3) is 0.667. The topological polar surface area (TPSA) is 69.3 Å². The molecule has 0 bridgehead atoms. The van der Waals surface area contributed by atoms with E-state index >= 15 is 0 Å². The number of aromatic nitrogens is 1. The molecule has 0 spiro atoms. The molecular weight excluding hydrogens is 302 g/mol. The maximum Gasteiger partial charge on any atom is 0.238 e. The Labute approximate surface area is 144 Å². The monoisotopic (exact) mass is 331 g/mol. The SMILES string of the molecule is CC1CC(C(=O)NCc2cccnc2N(C)C2CCCCC2)NN1. The first-order valence-electron chi connectivity index (χ1n) is 9.10. The van der Waals surface area contributed by atoms with Gasteiger partial charge in [-0.3, -0.25) is 10.2 Å². The lowest BCUT2D eigenvalue weighted by molar-refractivity contribution is -0.123. The highest BCUT2D eigenvalue weighted by molar-refractivity contribution is 5.82. The molecular formula is C18H29N5O. The van der Waals surface area contributed by atoms with Crippen molar-refractivity contribution in [3.63, 3.8) is 0 Å². The number of nitrogens with zero attached hydrogens (tertiary/aromatic N) is 2. The van der Waals surface area contributed by atoms with E-state index < -0.39 is 0 Å². The van der Waals surface area contributed by atoms with E-state index in [1.165, 1.54) is 32.1 Å². The van der Waals surface area contributed by atoms with Crippen molar-refractivity contribution in [2.24, 2.45) is 0 Å². The molecule has 3 N–H and O–H groups in total. The Bertz CT molecular complexity index is 558. The third kappa shape index (κ3) is 4.05. The molecule has 2 fully saturated rings. The molecule has 24 heavy (non-hydrogen) atoms. The molecule has 6 heteroatoms. The van der Waals surface area contributed by atoms with Crippen LogP contribution in [0.2, 0.25) is 0 Å². The molecule has 0 radical (unpaired) electrons. The normalized spacial score (nSPS) is 24.8. The predicted molar refractivity (Wildman–Crippen MR) is 95.5 cm³/mol. The van der Waals surface area contributed by atoms with E-state index in [1.54, 1.807) is 0 Å². The van der Waals surface area contributed by atoms with Crippen molar-refractivity contribution in [3.05, 3.63) is 23.9 Å². The quantitative estimate of drug-likeness (QED) is 0.766. The van der Waals surface area contributed by atoms with Gasteiger partial charge in [0, 0.05) is 37.4 Å². The molecule has 1 saturated carbocycles.